The molecule has 2 rings (SSSR count). The van der Waals surface area contributed by atoms with Crippen molar-refractivity contribution >= 4 is 9.84 Å². The average Bonchev–Trinajstić information content (AvgIpc) is 2.32. The molecule has 0 unspecified atom stereocenters. The number of rotatable bonds is 2. The summed E-state index contributed by atoms with van der Waals surface area (Å²) in [5, 5.41) is 0. The van der Waals surface area contributed by atoms with E-state index in [1.165, 1.54) is 12.3 Å². The summed E-state index contributed by atoms with van der Waals surface area (Å²) in [7, 11) is -3.23. The van der Waals surface area contributed by atoms with Gasteiger partial charge < -0.3 is 0 Å². The quantitative estimate of drug-likeness (QED) is 0.834. The topological polar surface area (TPSA) is 34.1 Å². The summed E-state index contributed by atoms with van der Waals surface area (Å²) in [6.45, 7) is 1.68. The van der Waals surface area contributed by atoms with Crippen LogP contribution < -0.4 is 0 Å². The Bertz CT molecular complexity index is 691. The molecule has 0 saturated carbocycles. The van der Waals surface area contributed by atoms with Gasteiger partial charge in [0.05, 0.1) is 4.90 Å². The maximum Gasteiger partial charge on any atom is 0.175 e. The van der Waals surface area contributed by atoms with Crippen molar-refractivity contribution in [1.29, 1.82) is 0 Å². The molecule has 0 N–H and O–H groups in total. The SMILES string of the molecule is Cc1cc(-c2cccc(S(C)(=O)=O)c2)ccc1F. The monoisotopic (exact) mass is 264 g/mol. The van der Waals surface area contributed by atoms with E-state index in [0.717, 1.165) is 11.1 Å². The Morgan fingerprint density at radius 1 is 1.00 bits per heavy atom. The van der Waals surface area contributed by atoms with Gasteiger partial charge in [-0.25, -0.2) is 12.8 Å². The van der Waals surface area contributed by atoms with Gasteiger partial charge in [0.25, 0.3) is 0 Å². The molecule has 0 atom stereocenters. The fourth-order valence-electron chi connectivity index (χ4n) is 1.73. The van der Waals surface area contributed by atoms with Crippen LogP contribution in [0.4, 0.5) is 4.39 Å². The van der Waals surface area contributed by atoms with E-state index in [2.05, 4.69) is 0 Å². The average molecular weight is 264 g/mol. The van der Waals surface area contributed by atoms with E-state index < -0.39 is 9.84 Å². The number of aryl methyl sites for hydroxylation is 1. The van der Waals surface area contributed by atoms with Gasteiger partial charge in [-0.1, -0.05) is 18.2 Å². The van der Waals surface area contributed by atoms with Gasteiger partial charge in [-0.3, -0.25) is 0 Å². The van der Waals surface area contributed by atoms with Crippen LogP contribution in [0.15, 0.2) is 47.4 Å². The first-order chi connectivity index (χ1) is 8.38. The van der Waals surface area contributed by atoms with Gasteiger partial charge in [-0.2, -0.15) is 0 Å². The minimum absolute atomic E-state index is 0.266. The van der Waals surface area contributed by atoms with Crippen molar-refractivity contribution in [2.75, 3.05) is 6.26 Å². The fourth-order valence-corrected chi connectivity index (χ4v) is 2.40. The van der Waals surface area contributed by atoms with Crippen LogP contribution in [0.5, 0.6) is 0 Å². The lowest BCUT2D eigenvalue weighted by atomic mass is 10.0. The van der Waals surface area contributed by atoms with Crippen molar-refractivity contribution in [3.8, 4) is 11.1 Å². The molecular weight excluding hydrogens is 251 g/mol. The second-order valence-corrected chi connectivity index (χ2v) is 6.28. The van der Waals surface area contributed by atoms with Crippen LogP contribution >= 0.6 is 0 Å². The predicted molar refractivity (Wildman–Crippen MR) is 69.7 cm³/mol. The normalized spacial score (nSPS) is 11.5. The highest BCUT2D eigenvalue weighted by molar-refractivity contribution is 7.90. The van der Waals surface area contributed by atoms with E-state index in [9.17, 15) is 12.8 Å². The highest BCUT2D eigenvalue weighted by Crippen LogP contribution is 2.24. The molecule has 0 aliphatic carbocycles. The highest BCUT2D eigenvalue weighted by Gasteiger charge is 2.08. The molecule has 0 heterocycles. The molecule has 0 spiro atoms. The molecule has 94 valence electrons. The number of halogens is 1. The summed E-state index contributed by atoms with van der Waals surface area (Å²) >= 11 is 0. The number of hydrogen-bond donors (Lipinski definition) is 0. The fraction of sp³-hybridized carbons (Fsp3) is 0.143. The zero-order valence-corrected chi connectivity index (χ0v) is 11.0. The van der Waals surface area contributed by atoms with Crippen molar-refractivity contribution < 1.29 is 12.8 Å². The third-order valence-corrected chi connectivity index (χ3v) is 3.86. The van der Waals surface area contributed by atoms with Crippen LogP contribution in [0, 0.1) is 12.7 Å². The molecular formula is C14H13FO2S. The zero-order chi connectivity index (χ0) is 13.3. The summed E-state index contributed by atoms with van der Waals surface area (Å²) in [5.41, 5.74) is 2.11. The summed E-state index contributed by atoms with van der Waals surface area (Å²) in [5.74, 6) is -0.266. The summed E-state index contributed by atoms with van der Waals surface area (Å²) in [4.78, 5) is 0.266. The van der Waals surface area contributed by atoms with Crippen LogP contribution in [-0.2, 0) is 9.84 Å². The third-order valence-electron chi connectivity index (χ3n) is 2.75. The van der Waals surface area contributed by atoms with Crippen molar-refractivity contribution in [2.45, 2.75) is 11.8 Å². The van der Waals surface area contributed by atoms with E-state index in [1.807, 2.05) is 0 Å². The smallest absolute Gasteiger partial charge is 0.175 e. The molecule has 0 aliphatic heterocycles. The van der Waals surface area contributed by atoms with Gasteiger partial charge in [0.15, 0.2) is 9.84 Å². The van der Waals surface area contributed by atoms with E-state index in [1.54, 1.807) is 43.3 Å². The minimum atomic E-state index is -3.23. The Kier molecular flexibility index (Phi) is 3.22. The first-order valence-corrected chi connectivity index (χ1v) is 7.34. The summed E-state index contributed by atoms with van der Waals surface area (Å²) < 4.78 is 36.1. The maximum absolute atomic E-state index is 13.2. The van der Waals surface area contributed by atoms with Crippen LogP contribution in [0.25, 0.3) is 11.1 Å². The molecule has 0 fully saturated rings. The Morgan fingerprint density at radius 2 is 1.67 bits per heavy atom. The lowest BCUT2D eigenvalue weighted by molar-refractivity contribution is 0.602. The molecule has 2 aromatic rings. The highest BCUT2D eigenvalue weighted by atomic mass is 32.2. The number of benzene rings is 2. The molecule has 0 bridgehead atoms. The van der Waals surface area contributed by atoms with Crippen LogP contribution in [0.3, 0.4) is 0 Å². The second-order valence-electron chi connectivity index (χ2n) is 4.26. The van der Waals surface area contributed by atoms with Crippen molar-refractivity contribution in [1.82, 2.24) is 0 Å². The van der Waals surface area contributed by atoms with Gasteiger partial charge in [0, 0.05) is 6.26 Å². The molecule has 2 nitrogen and oxygen atoms in total. The molecule has 0 radical (unpaired) electrons. The predicted octanol–water partition coefficient (Wildman–Crippen LogP) is 3.20. The van der Waals surface area contributed by atoms with Crippen molar-refractivity contribution in [3.63, 3.8) is 0 Å². The standard InChI is InChI=1S/C14H13FO2S/c1-10-8-12(6-7-14(10)15)11-4-3-5-13(9-11)18(2,16)17/h3-9H,1-2H3. The number of hydrogen-bond acceptors (Lipinski definition) is 2. The van der Waals surface area contributed by atoms with Gasteiger partial charge in [-0.05, 0) is 47.9 Å². The van der Waals surface area contributed by atoms with Gasteiger partial charge in [0.1, 0.15) is 5.82 Å². The Hall–Kier alpha value is -1.68. The lowest BCUT2D eigenvalue weighted by Gasteiger charge is -2.06. The van der Waals surface area contributed by atoms with Crippen LogP contribution in [0.2, 0.25) is 0 Å². The lowest BCUT2D eigenvalue weighted by Crippen LogP contribution is -1.96. The first-order valence-electron chi connectivity index (χ1n) is 5.44. The van der Waals surface area contributed by atoms with E-state index in [0.29, 0.717) is 5.56 Å². The van der Waals surface area contributed by atoms with Crippen molar-refractivity contribution in [3.05, 3.63) is 53.8 Å². The molecule has 0 amide bonds. The Labute approximate surface area is 106 Å². The third kappa shape index (κ3) is 2.59. The van der Waals surface area contributed by atoms with Gasteiger partial charge in [-0.15, -0.1) is 0 Å². The number of sulfone groups is 1. The Balaban J connectivity index is 2.55. The van der Waals surface area contributed by atoms with Crippen LogP contribution in [0.1, 0.15) is 5.56 Å². The summed E-state index contributed by atoms with van der Waals surface area (Å²) in [6.07, 6.45) is 1.17. The summed E-state index contributed by atoms with van der Waals surface area (Å²) in [6, 6.07) is 11.4. The molecule has 0 saturated heterocycles. The van der Waals surface area contributed by atoms with Gasteiger partial charge >= 0.3 is 0 Å². The van der Waals surface area contributed by atoms with E-state index in [4.69, 9.17) is 0 Å². The zero-order valence-electron chi connectivity index (χ0n) is 10.1. The molecule has 0 aliphatic rings. The van der Waals surface area contributed by atoms with Gasteiger partial charge in [0.2, 0.25) is 0 Å². The first kappa shape index (κ1) is 12.8. The molecule has 18 heavy (non-hydrogen) atoms. The van der Waals surface area contributed by atoms with Crippen LogP contribution in [-0.4, -0.2) is 14.7 Å². The molecule has 0 aromatic heterocycles. The largest absolute Gasteiger partial charge is 0.224 e. The van der Waals surface area contributed by atoms with E-state index >= 15 is 0 Å². The molecule has 4 heteroatoms. The Morgan fingerprint density at radius 3 is 2.28 bits per heavy atom. The van der Waals surface area contributed by atoms with Crippen molar-refractivity contribution in [2.24, 2.45) is 0 Å². The molecule has 2 aromatic carbocycles. The second kappa shape index (κ2) is 4.53. The maximum atomic E-state index is 13.2. The van der Waals surface area contributed by atoms with E-state index in [-0.39, 0.29) is 10.7 Å². The minimum Gasteiger partial charge on any atom is -0.224 e.